The molecule has 1 atom stereocenters. The zero-order chi connectivity index (χ0) is 10.6. The molecule has 0 aromatic heterocycles. The summed E-state index contributed by atoms with van der Waals surface area (Å²) in [6.07, 6.45) is -10.5. The van der Waals surface area contributed by atoms with E-state index in [4.69, 9.17) is 10.2 Å². The van der Waals surface area contributed by atoms with Gasteiger partial charge in [-0.25, -0.2) is 9.59 Å². The molecule has 8 heteroatoms. The number of carbonyl (C=O) groups is 2. The molecule has 0 saturated heterocycles. The summed E-state index contributed by atoms with van der Waals surface area (Å²) in [4.78, 5) is 19.5. The highest BCUT2D eigenvalue weighted by Gasteiger charge is 2.44. The number of halogens is 2. The van der Waals surface area contributed by atoms with Crippen molar-refractivity contribution in [3.05, 3.63) is 0 Å². The molecule has 0 aliphatic carbocycles. The molecule has 2 N–H and O–H groups in total. The summed E-state index contributed by atoms with van der Waals surface area (Å²) in [7, 11) is 0. The predicted octanol–water partition coefficient (Wildman–Crippen LogP) is 1.36. The molecule has 0 aliphatic rings. The minimum Gasteiger partial charge on any atom is -0.450 e. The zero-order valence-corrected chi connectivity index (χ0v) is 6.36. The Hall–Kier alpha value is -1.60. The molecule has 0 amide bonds. The number of hydrogen-bond donors (Lipinski definition) is 2. The van der Waals surface area contributed by atoms with E-state index in [2.05, 4.69) is 9.47 Å². The first kappa shape index (κ1) is 11.4. The standard InChI is InChI=1S/C5H6F2O6/c1-2(12-3(8)9)5(6,7)13-4(10)11/h2H,1H3,(H,8,9)(H,10,11). The Morgan fingerprint density at radius 1 is 1.31 bits per heavy atom. The van der Waals surface area contributed by atoms with Gasteiger partial charge in [0.25, 0.3) is 0 Å². The van der Waals surface area contributed by atoms with Crippen LogP contribution in [0.5, 0.6) is 0 Å². The van der Waals surface area contributed by atoms with Gasteiger partial charge in [0, 0.05) is 0 Å². The van der Waals surface area contributed by atoms with Crippen molar-refractivity contribution >= 4 is 12.3 Å². The van der Waals surface area contributed by atoms with Crippen molar-refractivity contribution in [1.29, 1.82) is 0 Å². The van der Waals surface area contributed by atoms with Gasteiger partial charge in [0.1, 0.15) is 0 Å². The van der Waals surface area contributed by atoms with Gasteiger partial charge in [-0.2, -0.15) is 8.78 Å². The molecule has 0 bridgehead atoms. The third-order valence-electron chi connectivity index (χ3n) is 0.974. The van der Waals surface area contributed by atoms with Gasteiger partial charge in [-0.1, -0.05) is 0 Å². The Kier molecular flexibility index (Phi) is 3.40. The Bertz CT molecular complexity index is 215. The molecule has 0 aromatic rings. The first-order chi connectivity index (χ1) is 5.75. The Morgan fingerprint density at radius 2 is 1.77 bits per heavy atom. The SMILES string of the molecule is CC(OC(=O)O)C(F)(F)OC(=O)O. The van der Waals surface area contributed by atoms with Gasteiger partial charge >= 0.3 is 18.4 Å². The van der Waals surface area contributed by atoms with E-state index >= 15 is 0 Å². The van der Waals surface area contributed by atoms with Crippen molar-refractivity contribution in [3.63, 3.8) is 0 Å². The van der Waals surface area contributed by atoms with Crippen LogP contribution in [0.15, 0.2) is 0 Å². The monoisotopic (exact) mass is 200 g/mol. The fourth-order valence-corrected chi connectivity index (χ4v) is 0.419. The molecule has 76 valence electrons. The van der Waals surface area contributed by atoms with E-state index in [1.807, 2.05) is 0 Å². The molecule has 0 spiro atoms. The second-order valence-electron chi connectivity index (χ2n) is 1.96. The quantitative estimate of drug-likeness (QED) is 0.668. The van der Waals surface area contributed by atoms with Crippen molar-refractivity contribution in [2.24, 2.45) is 0 Å². The molecule has 6 nitrogen and oxygen atoms in total. The molecular formula is C5H6F2O6. The summed E-state index contributed by atoms with van der Waals surface area (Å²) in [6, 6.07) is 0. The highest BCUT2D eigenvalue weighted by atomic mass is 19.3. The largest absolute Gasteiger partial charge is 0.510 e. The second-order valence-corrected chi connectivity index (χ2v) is 1.96. The van der Waals surface area contributed by atoms with Gasteiger partial charge < -0.3 is 19.7 Å². The number of alkyl halides is 2. The topological polar surface area (TPSA) is 93.1 Å². The van der Waals surface area contributed by atoms with Gasteiger partial charge in [0.15, 0.2) is 0 Å². The fourth-order valence-electron chi connectivity index (χ4n) is 0.419. The van der Waals surface area contributed by atoms with Crippen molar-refractivity contribution in [2.45, 2.75) is 19.1 Å². The normalized spacial score (nSPS) is 13.2. The Labute approximate surface area is 70.7 Å². The summed E-state index contributed by atoms with van der Waals surface area (Å²) < 4.78 is 31.6. The summed E-state index contributed by atoms with van der Waals surface area (Å²) in [5.41, 5.74) is 0. The fraction of sp³-hybridized carbons (Fsp3) is 0.600. The van der Waals surface area contributed by atoms with Gasteiger partial charge in [-0.3, -0.25) is 0 Å². The summed E-state index contributed by atoms with van der Waals surface area (Å²) in [5.74, 6) is 0. The van der Waals surface area contributed by atoms with Crippen LogP contribution in [0, 0.1) is 0 Å². The van der Waals surface area contributed by atoms with Crippen molar-refractivity contribution in [2.75, 3.05) is 0 Å². The van der Waals surface area contributed by atoms with Gasteiger partial charge in [-0.05, 0) is 6.92 Å². The summed E-state index contributed by atoms with van der Waals surface area (Å²) in [5, 5.41) is 15.7. The van der Waals surface area contributed by atoms with Crippen LogP contribution in [0.4, 0.5) is 18.4 Å². The third-order valence-corrected chi connectivity index (χ3v) is 0.974. The molecule has 0 aliphatic heterocycles. The average molecular weight is 200 g/mol. The molecule has 0 heterocycles. The zero-order valence-electron chi connectivity index (χ0n) is 6.36. The third kappa shape index (κ3) is 4.09. The molecule has 13 heavy (non-hydrogen) atoms. The first-order valence-electron chi connectivity index (χ1n) is 2.95. The van der Waals surface area contributed by atoms with Crippen LogP contribution in [0.3, 0.4) is 0 Å². The molecule has 1 unspecified atom stereocenters. The smallest absolute Gasteiger partial charge is 0.450 e. The van der Waals surface area contributed by atoms with Crippen LogP contribution in [0.1, 0.15) is 6.92 Å². The van der Waals surface area contributed by atoms with E-state index < -0.39 is 24.5 Å². The minimum atomic E-state index is -4.19. The van der Waals surface area contributed by atoms with Gasteiger partial charge in [-0.15, -0.1) is 0 Å². The van der Waals surface area contributed by atoms with Crippen molar-refractivity contribution in [1.82, 2.24) is 0 Å². The lowest BCUT2D eigenvalue weighted by molar-refractivity contribution is -0.259. The van der Waals surface area contributed by atoms with E-state index in [9.17, 15) is 18.4 Å². The van der Waals surface area contributed by atoms with Crippen LogP contribution in [-0.4, -0.2) is 34.7 Å². The molecule has 0 rings (SSSR count). The maximum atomic E-state index is 12.4. The number of carboxylic acid groups (broad SMARTS) is 2. The van der Waals surface area contributed by atoms with Gasteiger partial charge in [0.2, 0.25) is 6.10 Å². The van der Waals surface area contributed by atoms with Crippen LogP contribution in [-0.2, 0) is 9.47 Å². The molecule has 0 aromatic carbocycles. The predicted molar refractivity (Wildman–Crippen MR) is 32.6 cm³/mol. The highest BCUT2D eigenvalue weighted by molar-refractivity contribution is 5.58. The van der Waals surface area contributed by atoms with Crippen molar-refractivity contribution < 1.29 is 38.1 Å². The van der Waals surface area contributed by atoms with Crippen LogP contribution < -0.4 is 0 Å². The summed E-state index contributed by atoms with van der Waals surface area (Å²) in [6.45, 7) is 0.664. The van der Waals surface area contributed by atoms with Crippen LogP contribution >= 0.6 is 0 Å². The number of ether oxygens (including phenoxy) is 2. The molecule has 0 fully saturated rings. The number of rotatable bonds is 3. The summed E-state index contributed by atoms with van der Waals surface area (Å²) >= 11 is 0. The molecular weight excluding hydrogens is 194 g/mol. The molecule has 0 saturated carbocycles. The highest BCUT2D eigenvalue weighted by Crippen LogP contribution is 2.22. The van der Waals surface area contributed by atoms with Gasteiger partial charge in [0.05, 0.1) is 0 Å². The number of hydrogen-bond acceptors (Lipinski definition) is 4. The lowest BCUT2D eigenvalue weighted by atomic mass is 10.4. The lowest BCUT2D eigenvalue weighted by Gasteiger charge is -2.19. The van der Waals surface area contributed by atoms with E-state index in [0.717, 1.165) is 0 Å². The van der Waals surface area contributed by atoms with Crippen LogP contribution in [0.2, 0.25) is 0 Å². The van der Waals surface area contributed by atoms with Crippen LogP contribution in [0.25, 0.3) is 0 Å². The Balaban J connectivity index is 4.25. The first-order valence-corrected chi connectivity index (χ1v) is 2.95. The maximum absolute atomic E-state index is 12.4. The van der Waals surface area contributed by atoms with E-state index in [1.54, 1.807) is 0 Å². The van der Waals surface area contributed by atoms with E-state index in [1.165, 1.54) is 0 Å². The van der Waals surface area contributed by atoms with E-state index in [-0.39, 0.29) is 0 Å². The second kappa shape index (κ2) is 3.87. The van der Waals surface area contributed by atoms with Crippen molar-refractivity contribution in [3.8, 4) is 0 Å². The Morgan fingerprint density at radius 3 is 2.08 bits per heavy atom. The molecule has 0 radical (unpaired) electrons. The average Bonchev–Trinajstić information content (AvgIpc) is 1.81. The minimum absolute atomic E-state index is 0.664. The van der Waals surface area contributed by atoms with E-state index in [0.29, 0.717) is 6.92 Å². The lowest BCUT2D eigenvalue weighted by Crippen LogP contribution is -2.38. The maximum Gasteiger partial charge on any atom is 0.510 e.